The Morgan fingerprint density at radius 3 is 1.23 bits per heavy atom. The SMILES string of the molecule is CC/C=C\C/C=C\C/C=C\CCCCCCCC(=O)OC1C(OCC(COC(=O)CCCCCCCCCCC/C=C\CCCCCCCC)OC(=O)CCCCCCC/C=C\CCCCCCCC)OC(C(=O)O)C(O)C1O. The first-order valence-corrected chi connectivity index (χ1v) is 32.3. The Morgan fingerprint density at radius 2 is 0.797 bits per heavy atom. The molecule has 0 saturated carbocycles. The third-order valence-corrected chi connectivity index (χ3v) is 14.5. The number of carbonyl (C=O) groups is 4. The summed E-state index contributed by atoms with van der Waals surface area (Å²) in [6.07, 6.45) is 56.1. The Bertz CT molecular complexity index is 1600. The van der Waals surface area contributed by atoms with Crippen LogP contribution in [0.15, 0.2) is 60.8 Å². The Kier molecular flexibility index (Phi) is 51.1. The van der Waals surface area contributed by atoms with Crippen molar-refractivity contribution >= 4 is 23.9 Å². The van der Waals surface area contributed by atoms with Crippen LogP contribution in [-0.4, -0.2) is 89.2 Å². The lowest BCUT2D eigenvalue weighted by Crippen LogP contribution is -2.61. The zero-order valence-electron chi connectivity index (χ0n) is 50.4. The number of allylic oxidation sites excluding steroid dienone is 10. The van der Waals surface area contributed by atoms with Gasteiger partial charge in [-0.15, -0.1) is 0 Å². The number of carboxylic acids is 1. The second kappa shape index (κ2) is 55.0. The third kappa shape index (κ3) is 44.7. The average molecular weight is 1110 g/mol. The van der Waals surface area contributed by atoms with Crippen LogP contribution in [0.4, 0.5) is 0 Å². The van der Waals surface area contributed by atoms with Gasteiger partial charge in [0, 0.05) is 19.3 Å². The minimum absolute atomic E-state index is 0.0400. The Morgan fingerprint density at radius 1 is 0.430 bits per heavy atom. The molecule has 456 valence electrons. The molecule has 79 heavy (non-hydrogen) atoms. The van der Waals surface area contributed by atoms with Crippen LogP contribution in [0.25, 0.3) is 0 Å². The van der Waals surface area contributed by atoms with Gasteiger partial charge in [-0.05, 0) is 103 Å². The standard InChI is InChI=1S/C67H116O12/c1-4-7-10-13-16-19-22-25-28-29-30-31-34-35-38-41-44-47-50-53-59(68)75-56-58(77-60(69)54-51-48-45-42-39-36-32-26-23-20-17-14-11-8-5-2)57-76-67-65(63(72)62(71)64(79-67)66(73)74)78-61(70)55-52-49-46-43-40-37-33-27-24-21-18-15-12-9-6-3/h9,12,18,21,25-28,32-33,58,62-65,67,71-72H,4-8,10-11,13-17,19-20,22-24,29-31,34-57H2,1-3H3,(H,73,74)/b12-9-,21-18-,28-25-,32-26-,33-27-. The second-order valence-corrected chi connectivity index (χ2v) is 22.0. The number of unbranched alkanes of at least 4 members (excludes halogenated alkanes) is 31. The summed E-state index contributed by atoms with van der Waals surface area (Å²) in [6.45, 7) is 5.89. The van der Waals surface area contributed by atoms with Gasteiger partial charge in [0.15, 0.2) is 24.6 Å². The van der Waals surface area contributed by atoms with Gasteiger partial charge in [0.05, 0.1) is 6.61 Å². The van der Waals surface area contributed by atoms with Gasteiger partial charge in [-0.1, -0.05) is 229 Å². The topological polar surface area (TPSA) is 175 Å². The Hall–Kier alpha value is -3.58. The molecule has 0 aromatic rings. The minimum Gasteiger partial charge on any atom is -0.479 e. The zero-order chi connectivity index (χ0) is 57.5. The van der Waals surface area contributed by atoms with Gasteiger partial charge < -0.3 is 39.0 Å². The summed E-state index contributed by atoms with van der Waals surface area (Å²) in [5, 5.41) is 31.5. The first-order chi connectivity index (χ1) is 38.6. The Labute approximate surface area is 481 Å². The van der Waals surface area contributed by atoms with Crippen molar-refractivity contribution in [3.63, 3.8) is 0 Å². The summed E-state index contributed by atoms with van der Waals surface area (Å²) in [6, 6.07) is 0. The highest BCUT2D eigenvalue weighted by molar-refractivity contribution is 5.74. The molecule has 1 rings (SSSR count). The van der Waals surface area contributed by atoms with E-state index in [4.69, 9.17) is 23.7 Å². The molecule has 1 saturated heterocycles. The number of rotatable bonds is 55. The van der Waals surface area contributed by atoms with E-state index in [1.807, 2.05) is 0 Å². The molecule has 1 heterocycles. The van der Waals surface area contributed by atoms with Gasteiger partial charge >= 0.3 is 23.9 Å². The van der Waals surface area contributed by atoms with Gasteiger partial charge in [0.2, 0.25) is 0 Å². The molecule has 0 aromatic heterocycles. The molecule has 0 radical (unpaired) electrons. The Balaban J connectivity index is 2.66. The maximum Gasteiger partial charge on any atom is 0.335 e. The maximum absolute atomic E-state index is 13.2. The molecule has 0 bridgehead atoms. The highest BCUT2D eigenvalue weighted by Gasteiger charge is 2.50. The first kappa shape index (κ1) is 73.4. The number of aliphatic hydroxyl groups excluding tert-OH is 2. The number of carboxylic acid groups (broad SMARTS) is 1. The fraction of sp³-hybridized carbons (Fsp3) is 0.791. The molecule has 3 N–H and O–H groups in total. The average Bonchev–Trinajstić information content (AvgIpc) is 3.44. The number of aliphatic carboxylic acids is 1. The van der Waals surface area contributed by atoms with E-state index >= 15 is 0 Å². The van der Waals surface area contributed by atoms with Crippen molar-refractivity contribution in [2.24, 2.45) is 0 Å². The van der Waals surface area contributed by atoms with Crippen molar-refractivity contribution in [1.82, 2.24) is 0 Å². The van der Waals surface area contributed by atoms with Crippen molar-refractivity contribution in [3.05, 3.63) is 60.8 Å². The predicted octanol–water partition coefficient (Wildman–Crippen LogP) is 17.1. The van der Waals surface area contributed by atoms with Gasteiger partial charge in [-0.3, -0.25) is 14.4 Å². The third-order valence-electron chi connectivity index (χ3n) is 14.5. The van der Waals surface area contributed by atoms with E-state index in [2.05, 4.69) is 81.5 Å². The molecular weight excluding hydrogens is 997 g/mol. The van der Waals surface area contributed by atoms with Gasteiger partial charge in [-0.2, -0.15) is 0 Å². The van der Waals surface area contributed by atoms with E-state index in [0.29, 0.717) is 19.3 Å². The van der Waals surface area contributed by atoms with E-state index in [1.165, 1.54) is 122 Å². The zero-order valence-corrected chi connectivity index (χ0v) is 50.4. The van der Waals surface area contributed by atoms with E-state index in [-0.39, 0.29) is 25.9 Å². The van der Waals surface area contributed by atoms with Crippen LogP contribution in [0.3, 0.4) is 0 Å². The summed E-state index contributed by atoms with van der Waals surface area (Å²) >= 11 is 0. The minimum atomic E-state index is -1.91. The van der Waals surface area contributed by atoms with Gasteiger partial charge in [-0.25, -0.2) is 4.79 Å². The van der Waals surface area contributed by atoms with E-state index in [9.17, 15) is 34.5 Å². The fourth-order valence-corrected chi connectivity index (χ4v) is 9.61. The molecular formula is C67H116O12. The smallest absolute Gasteiger partial charge is 0.335 e. The monoisotopic (exact) mass is 1110 g/mol. The van der Waals surface area contributed by atoms with Crippen molar-refractivity contribution in [1.29, 1.82) is 0 Å². The largest absolute Gasteiger partial charge is 0.479 e. The number of hydrogen-bond donors (Lipinski definition) is 3. The highest BCUT2D eigenvalue weighted by atomic mass is 16.7. The lowest BCUT2D eigenvalue weighted by atomic mass is 9.98. The molecule has 1 fully saturated rings. The molecule has 0 amide bonds. The van der Waals surface area contributed by atoms with Crippen LogP contribution in [0, 0.1) is 0 Å². The van der Waals surface area contributed by atoms with E-state index in [1.54, 1.807) is 0 Å². The fourth-order valence-electron chi connectivity index (χ4n) is 9.61. The summed E-state index contributed by atoms with van der Waals surface area (Å²) < 4.78 is 28.5. The lowest BCUT2D eigenvalue weighted by molar-refractivity contribution is -0.301. The number of esters is 3. The second-order valence-electron chi connectivity index (χ2n) is 22.0. The normalized spacial score (nSPS) is 18.2. The van der Waals surface area contributed by atoms with Crippen molar-refractivity contribution in [2.45, 2.75) is 327 Å². The quantitative estimate of drug-likeness (QED) is 0.0228. The summed E-state index contributed by atoms with van der Waals surface area (Å²) in [7, 11) is 0. The summed E-state index contributed by atoms with van der Waals surface area (Å²) in [5.74, 6) is -3.14. The number of carbonyl (C=O) groups excluding carboxylic acids is 3. The molecule has 12 nitrogen and oxygen atoms in total. The van der Waals surface area contributed by atoms with Gasteiger partial charge in [0.25, 0.3) is 0 Å². The van der Waals surface area contributed by atoms with Crippen LogP contribution in [0.2, 0.25) is 0 Å². The molecule has 0 aliphatic carbocycles. The number of aliphatic hydroxyl groups is 2. The van der Waals surface area contributed by atoms with E-state index < -0.39 is 67.3 Å². The highest BCUT2D eigenvalue weighted by Crippen LogP contribution is 2.27. The number of hydrogen-bond acceptors (Lipinski definition) is 11. The number of ether oxygens (including phenoxy) is 5. The molecule has 0 aromatic carbocycles. The van der Waals surface area contributed by atoms with Crippen molar-refractivity contribution < 1.29 is 58.2 Å². The molecule has 6 atom stereocenters. The molecule has 1 aliphatic heterocycles. The van der Waals surface area contributed by atoms with Crippen LogP contribution < -0.4 is 0 Å². The molecule has 6 unspecified atom stereocenters. The molecule has 12 heteroatoms. The maximum atomic E-state index is 13.2. The van der Waals surface area contributed by atoms with Crippen molar-refractivity contribution in [2.75, 3.05) is 13.2 Å². The summed E-state index contributed by atoms with van der Waals surface area (Å²) in [5.41, 5.74) is 0. The van der Waals surface area contributed by atoms with Crippen molar-refractivity contribution in [3.8, 4) is 0 Å². The molecule has 1 aliphatic rings. The van der Waals surface area contributed by atoms with E-state index in [0.717, 1.165) is 109 Å². The van der Waals surface area contributed by atoms with Crippen LogP contribution in [0.5, 0.6) is 0 Å². The van der Waals surface area contributed by atoms with Gasteiger partial charge in [0.1, 0.15) is 18.8 Å². The predicted molar refractivity (Wildman–Crippen MR) is 322 cm³/mol. The van der Waals surface area contributed by atoms with Crippen LogP contribution in [0.1, 0.15) is 290 Å². The first-order valence-electron chi connectivity index (χ1n) is 32.3. The summed E-state index contributed by atoms with van der Waals surface area (Å²) in [4.78, 5) is 51.3. The molecule has 0 spiro atoms. The lowest BCUT2D eigenvalue weighted by Gasteiger charge is -2.40. The van der Waals surface area contributed by atoms with Crippen LogP contribution in [-0.2, 0) is 42.9 Å². The van der Waals surface area contributed by atoms with Crippen LogP contribution >= 0.6 is 0 Å².